The Balaban J connectivity index is 1.92. The van der Waals surface area contributed by atoms with Crippen molar-refractivity contribution in [3.05, 3.63) is 59.7 Å². The number of carbonyl (C=O) groups excluding carboxylic acids is 2. The second kappa shape index (κ2) is 7.40. The molecule has 26 heavy (non-hydrogen) atoms. The van der Waals surface area contributed by atoms with E-state index >= 15 is 0 Å². The molecule has 0 bridgehead atoms. The van der Waals surface area contributed by atoms with Gasteiger partial charge in [0.2, 0.25) is 5.91 Å². The van der Waals surface area contributed by atoms with E-state index in [1.165, 1.54) is 7.11 Å². The third-order valence-electron chi connectivity index (χ3n) is 4.71. The highest BCUT2D eigenvalue weighted by atomic mass is 16.5. The molecule has 5 nitrogen and oxygen atoms in total. The van der Waals surface area contributed by atoms with Crippen LogP contribution in [-0.2, 0) is 14.3 Å². The minimum atomic E-state index is -0.845. The normalized spacial score (nSPS) is 14.5. The first-order valence-corrected chi connectivity index (χ1v) is 8.52. The minimum Gasteiger partial charge on any atom is -0.467 e. The Bertz CT molecular complexity index is 839. The van der Waals surface area contributed by atoms with E-state index in [4.69, 9.17) is 10.00 Å². The lowest BCUT2D eigenvalue weighted by Gasteiger charge is -2.21. The molecule has 2 aromatic rings. The van der Waals surface area contributed by atoms with Crippen molar-refractivity contribution >= 4 is 11.9 Å². The Labute approximate surface area is 152 Å². The average molecular weight is 348 g/mol. The Morgan fingerprint density at radius 1 is 1.12 bits per heavy atom. The van der Waals surface area contributed by atoms with E-state index in [2.05, 4.69) is 11.4 Å². The molecule has 0 aromatic heterocycles. The summed E-state index contributed by atoms with van der Waals surface area (Å²) in [4.78, 5) is 25.1. The van der Waals surface area contributed by atoms with Gasteiger partial charge < -0.3 is 10.1 Å². The van der Waals surface area contributed by atoms with Crippen molar-refractivity contribution in [1.29, 1.82) is 5.26 Å². The van der Waals surface area contributed by atoms with Gasteiger partial charge in [-0.1, -0.05) is 48.5 Å². The molecule has 0 spiro atoms. The molecule has 1 aliphatic carbocycles. The lowest BCUT2D eigenvalue weighted by molar-refractivity contribution is -0.145. The lowest BCUT2D eigenvalue weighted by Crippen LogP contribution is -2.44. The summed E-state index contributed by atoms with van der Waals surface area (Å²) in [5, 5.41) is 11.8. The number of rotatable bonds is 5. The summed E-state index contributed by atoms with van der Waals surface area (Å²) in [5.74, 6) is -1.66. The molecule has 0 aliphatic heterocycles. The molecule has 1 amide bonds. The molecule has 1 N–H and O–H groups in total. The summed E-state index contributed by atoms with van der Waals surface area (Å²) in [6.07, 6.45) is 0.213. The van der Waals surface area contributed by atoms with Crippen LogP contribution in [0.2, 0.25) is 0 Å². The number of ether oxygens (including phenoxy) is 1. The van der Waals surface area contributed by atoms with E-state index in [-0.39, 0.29) is 18.2 Å². The number of hydrogen-bond donors (Lipinski definition) is 1. The number of nitriles is 1. The Morgan fingerprint density at radius 2 is 1.65 bits per heavy atom. The first kappa shape index (κ1) is 17.7. The highest BCUT2D eigenvalue weighted by Gasteiger charge is 2.35. The van der Waals surface area contributed by atoms with E-state index in [0.29, 0.717) is 0 Å². The topological polar surface area (TPSA) is 79.2 Å². The molecule has 0 saturated heterocycles. The maximum Gasteiger partial charge on any atom is 0.328 e. The highest BCUT2D eigenvalue weighted by Crippen LogP contribution is 2.44. The molecular formula is C21H20N2O3. The monoisotopic (exact) mass is 348 g/mol. The second-order valence-corrected chi connectivity index (χ2v) is 6.46. The highest BCUT2D eigenvalue weighted by molar-refractivity contribution is 5.97. The van der Waals surface area contributed by atoms with Gasteiger partial charge in [-0.25, -0.2) is 4.79 Å². The molecule has 1 aliphatic rings. The molecule has 2 aromatic carbocycles. The van der Waals surface area contributed by atoms with Crippen LogP contribution in [0.3, 0.4) is 0 Å². The van der Waals surface area contributed by atoms with Crippen LogP contribution in [0.1, 0.15) is 30.4 Å². The zero-order chi connectivity index (χ0) is 18.7. The van der Waals surface area contributed by atoms with Crippen molar-refractivity contribution in [2.75, 3.05) is 7.11 Å². The van der Waals surface area contributed by atoms with Gasteiger partial charge in [-0.2, -0.15) is 5.26 Å². The minimum absolute atomic E-state index is 0.213. The standard InChI is InChI=1S/C21H20N2O3/c1-13(12-22)11-18(21(25)26-2)23-20(24)19-16-9-5-3-7-14(16)15-8-4-6-10-17(15)19/h3-10,13,18-19H,11H2,1-2H3,(H,23,24)/t13-,18-/m1/s1. The molecule has 0 heterocycles. The number of fused-ring (bicyclic) bond motifs is 3. The van der Waals surface area contributed by atoms with E-state index in [0.717, 1.165) is 22.3 Å². The average Bonchev–Trinajstić information content (AvgIpc) is 3.01. The van der Waals surface area contributed by atoms with Crippen molar-refractivity contribution in [1.82, 2.24) is 5.32 Å². The predicted octanol–water partition coefficient (Wildman–Crippen LogP) is 3.01. The summed E-state index contributed by atoms with van der Waals surface area (Å²) in [6, 6.07) is 16.8. The molecule has 3 rings (SSSR count). The number of benzene rings is 2. The van der Waals surface area contributed by atoms with Crippen LogP contribution in [0.4, 0.5) is 0 Å². The van der Waals surface area contributed by atoms with Crippen LogP contribution in [-0.4, -0.2) is 25.0 Å². The molecule has 0 saturated carbocycles. The smallest absolute Gasteiger partial charge is 0.328 e. The summed E-state index contributed by atoms with van der Waals surface area (Å²) >= 11 is 0. The lowest BCUT2D eigenvalue weighted by atomic mass is 9.95. The van der Waals surface area contributed by atoms with Gasteiger partial charge in [-0.3, -0.25) is 4.79 Å². The van der Waals surface area contributed by atoms with Gasteiger partial charge >= 0.3 is 5.97 Å². The van der Waals surface area contributed by atoms with Gasteiger partial charge in [0, 0.05) is 5.92 Å². The first-order valence-electron chi connectivity index (χ1n) is 8.52. The summed E-state index contributed by atoms with van der Waals surface area (Å²) in [5.41, 5.74) is 3.90. The van der Waals surface area contributed by atoms with E-state index in [1.54, 1.807) is 6.92 Å². The summed E-state index contributed by atoms with van der Waals surface area (Å²) < 4.78 is 4.80. The fraction of sp³-hybridized carbons (Fsp3) is 0.286. The summed E-state index contributed by atoms with van der Waals surface area (Å²) in [6.45, 7) is 1.71. The summed E-state index contributed by atoms with van der Waals surface area (Å²) in [7, 11) is 1.28. The van der Waals surface area contributed by atoms with Gasteiger partial charge in [0.25, 0.3) is 0 Å². The molecule has 2 atom stereocenters. The van der Waals surface area contributed by atoms with Crippen LogP contribution < -0.4 is 5.32 Å². The number of nitrogens with one attached hydrogen (secondary N) is 1. The van der Waals surface area contributed by atoms with Gasteiger partial charge in [0.15, 0.2) is 0 Å². The van der Waals surface area contributed by atoms with E-state index in [1.807, 2.05) is 48.5 Å². The Kier molecular flexibility index (Phi) is 5.04. The molecular weight excluding hydrogens is 328 g/mol. The maximum absolute atomic E-state index is 13.1. The van der Waals surface area contributed by atoms with Crippen molar-refractivity contribution in [2.24, 2.45) is 5.92 Å². The van der Waals surface area contributed by atoms with Crippen LogP contribution in [0, 0.1) is 17.2 Å². The molecule has 0 fully saturated rings. The Hall–Kier alpha value is -3.13. The van der Waals surface area contributed by atoms with Crippen LogP contribution in [0.15, 0.2) is 48.5 Å². The van der Waals surface area contributed by atoms with Gasteiger partial charge in [-0.15, -0.1) is 0 Å². The van der Waals surface area contributed by atoms with E-state index < -0.39 is 17.9 Å². The van der Waals surface area contributed by atoms with Crippen molar-refractivity contribution in [2.45, 2.75) is 25.3 Å². The zero-order valence-electron chi connectivity index (χ0n) is 14.7. The van der Waals surface area contributed by atoms with Gasteiger partial charge in [-0.05, 0) is 35.6 Å². The van der Waals surface area contributed by atoms with Crippen molar-refractivity contribution < 1.29 is 14.3 Å². The van der Waals surface area contributed by atoms with Crippen LogP contribution >= 0.6 is 0 Å². The number of amides is 1. The van der Waals surface area contributed by atoms with Gasteiger partial charge in [0.1, 0.15) is 6.04 Å². The van der Waals surface area contributed by atoms with Crippen molar-refractivity contribution in [3.8, 4) is 17.2 Å². The quantitative estimate of drug-likeness (QED) is 0.843. The SMILES string of the molecule is COC(=O)[C@@H](C[C@@H](C)C#N)NC(=O)C1c2ccccc2-c2ccccc21. The number of methoxy groups -OCH3 is 1. The largest absolute Gasteiger partial charge is 0.467 e. The molecule has 5 heteroatoms. The van der Waals surface area contributed by atoms with Crippen LogP contribution in [0.5, 0.6) is 0 Å². The van der Waals surface area contributed by atoms with E-state index in [9.17, 15) is 9.59 Å². The Morgan fingerprint density at radius 3 is 2.15 bits per heavy atom. The van der Waals surface area contributed by atoms with Gasteiger partial charge in [0.05, 0.1) is 19.1 Å². The molecule has 0 unspecified atom stereocenters. The number of nitrogens with zero attached hydrogens (tertiary/aromatic N) is 1. The molecule has 132 valence electrons. The fourth-order valence-corrected chi connectivity index (χ4v) is 3.46. The fourth-order valence-electron chi connectivity index (χ4n) is 3.46. The van der Waals surface area contributed by atoms with Crippen LogP contribution in [0.25, 0.3) is 11.1 Å². The van der Waals surface area contributed by atoms with Crippen molar-refractivity contribution in [3.63, 3.8) is 0 Å². The molecule has 0 radical (unpaired) electrons. The predicted molar refractivity (Wildman–Crippen MR) is 97.1 cm³/mol. The number of carbonyl (C=O) groups is 2. The first-order chi connectivity index (χ1) is 12.6. The second-order valence-electron chi connectivity index (χ2n) is 6.46. The number of esters is 1. The third-order valence-corrected chi connectivity index (χ3v) is 4.71. The number of hydrogen-bond acceptors (Lipinski definition) is 4. The maximum atomic E-state index is 13.1. The third kappa shape index (κ3) is 3.18. The zero-order valence-corrected chi connectivity index (χ0v) is 14.7.